The van der Waals surface area contributed by atoms with E-state index in [1.165, 1.54) is 16.8 Å². The van der Waals surface area contributed by atoms with Gasteiger partial charge in [-0.05, 0) is 50.1 Å². The molecule has 0 spiro atoms. The van der Waals surface area contributed by atoms with Gasteiger partial charge in [0.15, 0.2) is 0 Å². The van der Waals surface area contributed by atoms with Gasteiger partial charge in [0, 0.05) is 11.9 Å². The summed E-state index contributed by atoms with van der Waals surface area (Å²) >= 11 is 1.55. The minimum absolute atomic E-state index is 0.00925. The summed E-state index contributed by atoms with van der Waals surface area (Å²) in [4.78, 5) is 20.4. The van der Waals surface area contributed by atoms with Crippen molar-refractivity contribution in [3.05, 3.63) is 63.9 Å². The predicted octanol–water partition coefficient (Wildman–Crippen LogP) is 3.78. The van der Waals surface area contributed by atoms with E-state index < -0.39 is 0 Å². The van der Waals surface area contributed by atoms with Gasteiger partial charge in [0.25, 0.3) is 5.91 Å². The fraction of sp³-hybridized carbons (Fsp3) is 0.278. The number of aromatic nitrogens is 3. The normalized spacial score (nSPS) is 12.2. The number of rotatable bonds is 4. The lowest BCUT2D eigenvalue weighted by Gasteiger charge is -2.25. The smallest absolute Gasteiger partial charge is 0.264 e. The molecule has 0 radical (unpaired) electrons. The Morgan fingerprint density at radius 2 is 1.96 bits per heavy atom. The van der Waals surface area contributed by atoms with Gasteiger partial charge in [-0.25, -0.2) is 9.67 Å². The summed E-state index contributed by atoms with van der Waals surface area (Å²) in [7, 11) is 1.85. The number of thiophene rings is 1. The van der Waals surface area contributed by atoms with E-state index in [-0.39, 0.29) is 11.9 Å². The van der Waals surface area contributed by atoms with Crippen LogP contribution in [0.4, 0.5) is 0 Å². The molecule has 6 heteroatoms. The molecule has 1 amide bonds. The Bertz CT molecular complexity index is 817. The minimum Gasteiger partial charge on any atom is -0.334 e. The molecule has 3 rings (SSSR count). The molecule has 24 heavy (non-hydrogen) atoms. The number of hydrogen-bond acceptors (Lipinski definition) is 4. The fourth-order valence-corrected chi connectivity index (χ4v) is 3.52. The first kappa shape index (κ1) is 16.4. The second kappa shape index (κ2) is 6.57. The van der Waals surface area contributed by atoms with Gasteiger partial charge < -0.3 is 4.90 Å². The van der Waals surface area contributed by atoms with Crippen molar-refractivity contribution in [2.24, 2.45) is 0 Å². The first-order valence-corrected chi connectivity index (χ1v) is 8.58. The van der Waals surface area contributed by atoms with Gasteiger partial charge in [-0.1, -0.05) is 12.1 Å². The zero-order valence-electron chi connectivity index (χ0n) is 14.2. The molecule has 0 saturated heterocycles. The van der Waals surface area contributed by atoms with Crippen molar-refractivity contribution >= 4 is 17.2 Å². The van der Waals surface area contributed by atoms with Crippen LogP contribution in [0.1, 0.15) is 38.6 Å². The molecule has 124 valence electrons. The van der Waals surface area contributed by atoms with E-state index in [2.05, 4.69) is 10.1 Å². The number of hydrogen-bond donors (Lipinski definition) is 0. The molecule has 1 aromatic carbocycles. The lowest BCUT2D eigenvalue weighted by atomic mass is 10.1. The molecule has 0 aliphatic rings. The Morgan fingerprint density at radius 1 is 1.25 bits per heavy atom. The highest BCUT2D eigenvalue weighted by Gasteiger charge is 2.21. The molecule has 2 heterocycles. The lowest BCUT2D eigenvalue weighted by molar-refractivity contribution is 0.0747. The summed E-state index contributed by atoms with van der Waals surface area (Å²) in [5.74, 6) is 0.0593. The zero-order chi connectivity index (χ0) is 17.3. The maximum atomic E-state index is 12.7. The second-order valence-electron chi connectivity index (χ2n) is 5.87. The van der Waals surface area contributed by atoms with Crippen molar-refractivity contribution in [1.29, 1.82) is 0 Å². The van der Waals surface area contributed by atoms with Crippen molar-refractivity contribution in [1.82, 2.24) is 19.7 Å². The number of benzene rings is 1. The van der Waals surface area contributed by atoms with Crippen LogP contribution in [0, 0.1) is 13.8 Å². The average molecular weight is 340 g/mol. The average Bonchev–Trinajstić information content (AvgIpc) is 3.24. The van der Waals surface area contributed by atoms with Crippen LogP contribution in [0.25, 0.3) is 5.69 Å². The summed E-state index contributed by atoms with van der Waals surface area (Å²) in [6, 6.07) is 9.98. The van der Waals surface area contributed by atoms with Gasteiger partial charge in [-0.3, -0.25) is 4.79 Å². The van der Waals surface area contributed by atoms with Gasteiger partial charge in [-0.15, -0.1) is 11.3 Å². The number of aryl methyl sites for hydroxylation is 2. The molecule has 0 bridgehead atoms. The highest BCUT2D eigenvalue weighted by Crippen LogP contribution is 2.26. The topological polar surface area (TPSA) is 51.0 Å². The van der Waals surface area contributed by atoms with Crippen molar-refractivity contribution in [2.45, 2.75) is 26.8 Å². The van der Waals surface area contributed by atoms with E-state index in [1.54, 1.807) is 27.2 Å². The third-order valence-corrected chi connectivity index (χ3v) is 5.48. The van der Waals surface area contributed by atoms with Crippen LogP contribution >= 0.6 is 11.3 Å². The minimum atomic E-state index is -0.00925. The van der Waals surface area contributed by atoms with Gasteiger partial charge in [0.05, 0.1) is 16.6 Å². The Hall–Kier alpha value is -2.47. The summed E-state index contributed by atoms with van der Waals surface area (Å²) in [6.45, 7) is 6.12. The molecule has 0 saturated carbocycles. The second-order valence-corrected chi connectivity index (χ2v) is 7.13. The van der Waals surface area contributed by atoms with Crippen molar-refractivity contribution in [3.63, 3.8) is 0 Å². The molecule has 0 fully saturated rings. The zero-order valence-corrected chi connectivity index (χ0v) is 15.0. The number of carbonyl (C=O) groups is 1. The maximum Gasteiger partial charge on any atom is 0.264 e. The quantitative estimate of drug-likeness (QED) is 0.726. The number of amides is 1. The SMILES string of the molecule is Cc1cc(C(=O)N(C)[C@@H](C)c2ccc(-n3cncn3)cc2)sc1C. The highest BCUT2D eigenvalue weighted by atomic mass is 32.1. The van der Waals surface area contributed by atoms with E-state index in [9.17, 15) is 4.79 Å². The van der Waals surface area contributed by atoms with Crippen LogP contribution in [-0.2, 0) is 0 Å². The predicted molar refractivity (Wildman–Crippen MR) is 95.7 cm³/mol. The largest absolute Gasteiger partial charge is 0.334 e. The maximum absolute atomic E-state index is 12.7. The fourth-order valence-electron chi connectivity index (χ4n) is 2.50. The number of nitrogens with zero attached hydrogens (tertiary/aromatic N) is 4. The van der Waals surface area contributed by atoms with Crippen LogP contribution in [0.15, 0.2) is 43.0 Å². The molecule has 0 aliphatic heterocycles. The molecular weight excluding hydrogens is 320 g/mol. The van der Waals surface area contributed by atoms with Gasteiger partial charge in [-0.2, -0.15) is 5.10 Å². The Kier molecular flexibility index (Phi) is 4.49. The molecule has 0 unspecified atom stereocenters. The van der Waals surface area contributed by atoms with Crippen molar-refractivity contribution < 1.29 is 4.79 Å². The van der Waals surface area contributed by atoms with Crippen molar-refractivity contribution in [3.8, 4) is 5.69 Å². The Morgan fingerprint density at radius 3 is 2.50 bits per heavy atom. The van der Waals surface area contributed by atoms with E-state index in [0.29, 0.717) is 0 Å². The summed E-state index contributed by atoms with van der Waals surface area (Å²) < 4.78 is 1.71. The molecule has 5 nitrogen and oxygen atoms in total. The first-order valence-electron chi connectivity index (χ1n) is 7.76. The van der Waals surface area contributed by atoms with Crippen LogP contribution in [-0.4, -0.2) is 32.6 Å². The van der Waals surface area contributed by atoms with Gasteiger partial charge in [0.2, 0.25) is 0 Å². The van der Waals surface area contributed by atoms with Gasteiger partial charge >= 0.3 is 0 Å². The Labute approximate surface area is 145 Å². The molecule has 1 atom stereocenters. The first-order chi connectivity index (χ1) is 11.5. The molecule has 3 aromatic rings. The van der Waals surface area contributed by atoms with Crippen LogP contribution in [0.3, 0.4) is 0 Å². The third-order valence-electron chi connectivity index (χ3n) is 4.34. The third kappa shape index (κ3) is 3.10. The van der Waals surface area contributed by atoms with E-state index in [4.69, 9.17) is 0 Å². The number of carbonyl (C=O) groups excluding carboxylic acids is 1. The van der Waals surface area contributed by atoms with Crippen LogP contribution in [0.2, 0.25) is 0 Å². The molecular formula is C18H20N4OS. The van der Waals surface area contributed by atoms with Gasteiger partial charge in [0.1, 0.15) is 12.7 Å². The van der Waals surface area contributed by atoms with E-state index >= 15 is 0 Å². The van der Waals surface area contributed by atoms with Crippen LogP contribution in [0.5, 0.6) is 0 Å². The Balaban J connectivity index is 1.77. The standard InChI is InChI=1S/C18H20N4OS/c1-12-9-17(24-14(12)3)18(23)21(4)13(2)15-5-7-16(8-6-15)22-11-19-10-20-22/h5-11,13H,1-4H3/t13-/m0/s1. The molecule has 0 aliphatic carbocycles. The molecule has 0 N–H and O–H groups in total. The monoisotopic (exact) mass is 340 g/mol. The summed E-state index contributed by atoms with van der Waals surface area (Å²) in [6.07, 6.45) is 3.17. The summed E-state index contributed by atoms with van der Waals surface area (Å²) in [5.41, 5.74) is 3.20. The van der Waals surface area contributed by atoms with Crippen LogP contribution < -0.4 is 0 Å². The lowest BCUT2D eigenvalue weighted by Crippen LogP contribution is -2.29. The summed E-state index contributed by atoms with van der Waals surface area (Å²) in [5, 5.41) is 4.12. The van der Waals surface area contributed by atoms with E-state index in [1.807, 2.05) is 58.2 Å². The van der Waals surface area contributed by atoms with Crippen molar-refractivity contribution in [2.75, 3.05) is 7.05 Å². The van der Waals surface area contributed by atoms with E-state index in [0.717, 1.165) is 16.1 Å². The highest BCUT2D eigenvalue weighted by molar-refractivity contribution is 7.14. The molecule has 2 aromatic heterocycles.